The lowest BCUT2D eigenvalue weighted by molar-refractivity contribution is -0.138. The average molecular weight is 480 g/mol. The SMILES string of the molecule is O=C1/C(=C/c2cccc(C(F)(F)F)c2Cl)CNC/C1=C\c1cccc(C(F)(F)F)c1Cl. The molecular weight excluding hydrogens is 467 g/mol. The second-order valence-electron chi connectivity index (χ2n) is 6.68. The second kappa shape index (κ2) is 8.68. The van der Waals surface area contributed by atoms with Gasteiger partial charge in [0.15, 0.2) is 5.78 Å². The Kier molecular flexibility index (Phi) is 6.55. The smallest absolute Gasteiger partial charge is 0.308 e. The summed E-state index contributed by atoms with van der Waals surface area (Å²) in [6.07, 6.45) is -6.86. The molecule has 31 heavy (non-hydrogen) atoms. The summed E-state index contributed by atoms with van der Waals surface area (Å²) in [6.45, 7) is 0.109. The van der Waals surface area contributed by atoms with Crippen molar-refractivity contribution < 1.29 is 31.1 Å². The van der Waals surface area contributed by atoms with E-state index in [-0.39, 0.29) is 35.4 Å². The molecule has 2 aromatic carbocycles. The van der Waals surface area contributed by atoms with Gasteiger partial charge in [-0.15, -0.1) is 0 Å². The van der Waals surface area contributed by atoms with E-state index in [4.69, 9.17) is 23.2 Å². The third-order valence-corrected chi connectivity index (χ3v) is 5.39. The summed E-state index contributed by atoms with van der Waals surface area (Å²) >= 11 is 11.7. The highest BCUT2D eigenvalue weighted by molar-refractivity contribution is 6.33. The van der Waals surface area contributed by atoms with Gasteiger partial charge in [0, 0.05) is 24.2 Å². The van der Waals surface area contributed by atoms with Crippen molar-refractivity contribution in [3.8, 4) is 0 Å². The van der Waals surface area contributed by atoms with Crippen molar-refractivity contribution in [1.82, 2.24) is 5.32 Å². The van der Waals surface area contributed by atoms with Crippen molar-refractivity contribution in [1.29, 1.82) is 0 Å². The van der Waals surface area contributed by atoms with Crippen LogP contribution in [0, 0.1) is 0 Å². The van der Waals surface area contributed by atoms with Crippen LogP contribution in [-0.4, -0.2) is 18.9 Å². The first-order valence-corrected chi connectivity index (χ1v) is 9.53. The van der Waals surface area contributed by atoms with Crippen molar-refractivity contribution in [3.05, 3.63) is 79.8 Å². The molecule has 10 heteroatoms. The van der Waals surface area contributed by atoms with Gasteiger partial charge < -0.3 is 5.32 Å². The van der Waals surface area contributed by atoms with Gasteiger partial charge >= 0.3 is 12.4 Å². The Morgan fingerprint density at radius 1 is 0.742 bits per heavy atom. The first-order valence-electron chi connectivity index (χ1n) is 8.77. The maximum absolute atomic E-state index is 13.1. The number of Topliss-reactive ketones (excluding diaryl/α,β-unsaturated/α-hetero) is 1. The third-order valence-electron chi connectivity index (χ3n) is 4.54. The highest BCUT2D eigenvalue weighted by Crippen LogP contribution is 2.38. The number of rotatable bonds is 2. The number of halogens is 8. The highest BCUT2D eigenvalue weighted by Gasteiger charge is 2.35. The van der Waals surface area contributed by atoms with E-state index in [1.165, 1.54) is 36.4 Å². The van der Waals surface area contributed by atoms with E-state index in [9.17, 15) is 31.1 Å². The minimum atomic E-state index is -4.66. The van der Waals surface area contributed by atoms with Crippen LogP contribution in [0.2, 0.25) is 10.0 Å². The Morgan fingerprint density at radius 3 is 1.48 bits per heavy atom. The monoisotopic (exact) mass is 479 g/mol. The lowest BCUT2D eigenvalue weighted by Gasteiger charge is -2.19. The number of carbonyl (C=O) groups excluding carboxylic acids is 1. The molecule has 164 valence electrons. The largest absolute Gasteiger partial charge is 0.417 e. The molecule has 2 aromatic rings. The molecule has 0 spiro atoms. The molecule has 2 nitrogen and oxygen atoms in total. The van der Waals surface area contributed by atoms with E-state index in [1.807, 2.05) is 0 Å². The number of benzene rings is 2. The quantitative estimate of drug-likeness (QED) is 0.384. The van der Waals surface area contributed by atoms with E-state index in [1.54, 1.807) is 0 Å². The molecule has 1 saturated heterocycles. The predicted octanol–water partition coefficient (Wildman–Crippen LogP) is 6.67. The predicted molar refractivity (Wildman–Crippen MR) is 107 cm³/mol. The minimum Gasteiger partial charge on any atom is -0.308 e. The number of hydrogen-bond donors (Lipinski definition) is 1. The topological polar surface area (TPSA) is 29.1 Å². The molecule has 1 aliphatic heterocycles. The van der Waals surface area contributed by atoms with Crippen LogP contribution in [0.4, 0.5) is 26.3 Å². The van der Waals surface area contributed by atoms with Crippen LogP contribution in [0.25, 0.3) is 12.2 Å². The van der Waals surface area contributed by atoms with Crippen molar-refractivity contribution in [2.24, 2.45) is 0 Å². The molecule has 0 aliphatic carbocycles. The molecule has 1 fully saturated rings. The van der Waals surface area contributed by atoms with Gasteiger partial charge in [-0.3, -0.25) is 4.79 Å². The van der Waals surface area contributed by atoms with Crippen molar-refractivity contribution in [3.63, 3.8) is 0 Å². The van der Waals surface area contributed by atoms with E-state index in [0.717, 1.165) is 12.1 Å². The summed E-state index contributed by atoms with van der Waals surface area (Å²) in [4.78, 5) is 12.8. The van der Waals surface area contributed by atoms with Gasteiger partial charge in [-0.2, -0.15) is 26.3 Å². The number of piperidine rings is 1. The zero-order valence-electron chi connectivity index (χ0n) is 15.5. The van der Waals surface area contributed by atoms with Crippen molar-refractivity contribution in [2.45, 2.75) is 12.4 Å². The molecule has 1 aliphatic rings. The fourth-order valence-corrected chi connectivity index (χ4v) is 3.64. The number of nitrogens with one attached hydrogen (secondary N) is 1. The fraction of sp³-hybridized carbons (Fsp3) is 0.190. The van der Waals surface area contributed by atoms with E-state index < -0.39 is 39.3 Å². The zero-order valence-corrected chi connectivity index (χ0v) is 17.0. The first kappa shape index (κ1) is 23.4. The van der Waals surface area contributed by atoms with Crippen molar-refractivity contribution in [2.75, 3.05) is 13.1 Å². The van der Waals surface area contributed by atoms with Gasteiger partial charge in [0.2, 0.25) is 0 Å². The summed E-state index contributed by atoms with van der Waals surface area (Å²) < 4.78 is 78.3. The Bertz CT molecular complexity index is 1000. The lowest BCUT2D eigenvalue weighted by Crippen LogP contribution is -2.32. The standard InChI is InChI=1S/C21H13Cl2F6NO/c22-17-11(3-1-5-15(17)20(24,25)26)7-13-9-30-10-14(19(13)31)8-12-4-2-6-16(18(12)23)21(27,28)29/h1-8,30H,9-10H2/b13-7+,14-8+. The molecular formula is C21H13Cl2F6NO. The molecule has 0 bridgehead atoms. The number of ketones is 1. The molecule has 0 atom stereocenters. The Hall–Kier alpha value is -2.29. The summed E-state index contributed by atoms with van der Waals surface area (Å²) in [5, 5.41) is 1.80. The highest BCUT2D eigenvalue weighted by atomic mass is 35.5. The van der Waals surface area contributed by atoms with Crippen LogP contribution in [0.15, 0.2) is 47.5 Å². The molecule has 0 saturated carbocycles. The second-order valence-corrected chi connectivity index (χ2v) is 7.44. The molecule has 0 unspecified atom stereocenters. The van der Waals surface area contributed by atoms with E-state index >= 15 is 0 Å². The van der Waals surface area contributed by atoms with Gasteiger partial charge in [-0.05, 0) is 35.4 Å². The molecule has 0 radical (unpaired) electrons. The minimum absolute atomic E-state index is 0.00000662. The number of hydrogen-bond acceptors (Lipinski definition) is 2. The molecule has 0 aromatic heterocycles. The molecule has 1 N–H and O–H groups in total. The van der Waals surface area contributed by atoms with Gasteiger partial charge in [0.05, 0.1) is 21.2 Å². The summed E-state index contributed by atoms with van der Waals surface area (Å²) in [7, 11) is 0. The maximum atomic E-state index is 13.1. The van der Waals surface area contributed by atoms with Crippen LogP contribution in [0.3, 0.4) is 0 Å². The van der Waals surface area contributed by atoms with Gasteiger partial charge in [-0.25, -0.2) is 0 Å². The molecule has 3 rings (SSSR count). The third kappa shape index (κ3) is 5.14. The molecule has 1 heterocycles. The zero-order chi connectivity index (χ0) is 23.0. The Morgan fingerprint density at radius 2 is 1.13 bits per heavy atom. The average Bonchev–Trinajstić information content (AvgIpc) is 2.66. The molecule has 0 amide bonds. The van der Waals surface area contributed by atoms with Crippen LogP contribution in [0.1, 0.15) is 22.3 Å². The van der Waals surface area contributed by atoms with Crippen LogP contribution in [-0.2, 0) is 17.1 Å². The lowest BCUT2D eigenvalue weighted by atomic mass is 9.95. The van der Waals surface area contributed by atoms with Gasteiger partial charge in [0.1, 0.15) is 0 Å². The maximum Gasteiger partial charge on any atom is 0.417 e. The number of alkyl halides is 6. The summed E-state index contributed by atoms with van der Waals surface area (Å²) in [5.74, 6) is -0.527. The van der Waals surface area contributed by atoms with Gasteiger partial charge in [0.25, 0.3) is 0 Å². The Labute approximate surface area is 183 Å². The van der Waals surface area contributed by atoms with Crippen LogP contribution < -0.4 is 5.32 Å². The van der Waals surface area contributed by atoms with Crippen molar-refractivity contribution >= 4 is 41.1 Å². The van der Waals surface area contributed by atoms with E-state index in [2.05, 4.69) is 5.32 Å². The Balaban J connectivity index is 1.99. The van der Waals surface area contributed by atoms with Gasteiger partial charge in [-0.1, -0.05) is 47.5 Å². The van der Waals surface area contributed by atoms with Crippen LogP contribution in [0.5, 0.6) is 0 Å². The van der Waals surface area contributed by atoms with E-state index in [0.29, 0.717) is 0 Å². The first-order chi connectivity index (χ1) is 14.4. The fourth-order valence-electron chi connectivity index (χ4n) is 3.07. The van der Waals surface area contributed by atoms with Crippen LogP contribution >= 0.6 is 23.2 Å². The number of carbonyl (C=O) groups is 1. The summed E-state index contributed by atoms with van der Waals surface area (Å²) in [6, 6.07) is 6.65. The summed E-state index contributed by atoms with van der Waals surface area (Å²) in [5.41, 5.74) is -1.85. The normalized spacial score (nSPS) is 18.1.